The van der Waals surface area contributed by atoms with E-state index < -0.39 is 0 Å². The summed E-state index contributed by atoms with van der Waals surface area (Å²) in [6.45, 7) is 7.20. The first-order valence-electron chi connectivity index (χ1n) is 5.48. The first kappa shape index (κ1) is 13.4. The molecule has 0 radical (unpaired) electrons. The van der Waals surface area contributed by atoms with E-state index in [1.165, 1.54) is 0 Å². The molecule has 1 atom stereocenters. The van der Waals surface area contributed by atoms with Gasteiger partial charge < -0.3 is 10.5 Å². The maximum atomic E-state index is 11.3. The molecule has 0 aliphatic heterocycles. The maximum absolute atomic E-state index is 11.3. The molecule has 0 aromatic heterocycles. The van der Waals surface area contributed by atoms with Gasteiger partial charge in [-0.25, -0.2) is 0 Å². The van der Waals surface area contributed by atoms with Crippen LogP contribution in [0.1, 0.15) is 40.0 Å². The van der Waals surface area contributed by atoms with Gasteiger partial charge in [0.2, 0.25) is 0 Å². The summed E-state index contributed by atoms with van der Waals surface area (Å²) >= 11 is 0. The maximum Gasteiger partial charge on any atom is 0.310 e. The van der Waals surface area contributed by atoms with Crippen molar-refractivity contribution >= 4 is 5.97 Å². The second-order valence-electron chi connectivity index (χ2n) is 4.04. The molecule has 84 valence electrons. The van der Waals surface area contributed by atoms with E-state index in [4.69, 9.17) is 10.5 Å². The highest BCUT2D eigenvalue weighted by molar-refractivity contribution is 5.72. The van der Waals surface area contributed by atoms with Crippen LogP contribution in [-0.2, 0) is 9.53 Å². The predicted molar refractivity (Wildman–Crippen MR) is 57.9 cm³/mol. The molecule has 0 rings (SSSR count). The van der Waals surface area contributed by atoms with Crippen LogP contribution in [0, 0.1) is 11.8 Å². The number of ether oxygens (including phenoxy) is 1. The Morgan fingerprint density at radius 3 is 2.50 bits per heavy atom. The van der Waals surface area contributed by atoms with Gasteiger partial charge in [-0.1, -0.05) is 20.8 Å². The zero-order valence-corrected chi connectivity index (χ0v) is 9.58. The Hall–Kier alpha value is -0.570. The normalized spacial score (nSPS) is 12.9. The molecule has 0 saturated carbocycles. The molecule has 2 N–H and O–H groups in total. The van der Waals surface area contributed by atoms with Crippen molar-refractivity contribution in [1.82, 2.24) is 0 Å². The average molecular weight is 201 g/mol. The van der Waals surface area contributed by atoms with Crippen LogP contribution in [0.25, 0.3) is 0 Å². The molecule has 3 nitrogen and oxygen atoms in total. The zero-order chi connectivity index (χ0) is 11.0. The molecular formula is C11H23NO2. The number of carbonyl (C=O) groups is 1. The van der Waals surface area contributed by atoms with Crippen LogP contribution in [0.4, 0.5) is 0 Å². The molecule has 0 spiro atoms. The quantitative estimate of drug-likeness (QED) is 0.506. The largest absolute Gasteiger partial charge is 0.465 e. The lowest BCUT2D eigenvalue weighted by atomic mass is 10.1. The first-order chi connectivity index (χ1) is 6.61. The smallest absolute Gasteiger partial charge is 0.310 e. The lowest BCUT2D eigenvalue weighted by Crippen LogP contribution is -2.25. The van der Waals surface area contributed by atoms with Crippen LogP contribution in [-0.4, -0.2) is 19.1 Å². The molecule has 0 heterocycles. The van der Waals surface area contributed by atoms with Crippen molar-refractivity contribution in [3.8, 4) is 0 Å². The zero-order valence-electron chi connectivity index (χ0n) is 9.58. The van der Waals surface area contributed by atoms with E-state index in [2.05, 4.69) is 13.8 Å². The SMILES string of the molecule is CCC(CN)C(=O)OCCCC(C)C. The van der Waals surface area contributed by atoms with Gasteiger partial charge in [0.05, 0.1) is 12.5 Å². The Kier molecular flexibility index (Phi) is 7.48. The highest BCUT2D eigenvalue weighted by Gasteiger charge is 2.15. The van der Waals surface area contributed by atoms with E-state index in [0.717, 1.165) is 19.3 Å². The van der Waals surface area contributed by atoms with Crippen LogP contribution >= 0.6 is 0 Å². The molecule has 0 amide bonds. The molecule has 0 aromatic carbocycles. The van der Waals surface area contributed by atoms with Crippen LogP contribution in [0.15, 0.2) is 0 Å². The molecule has 3 heteroatoms. The highest BCUT2D eigenvalue weighted by atomic mass is 16.5. The fourth-order valence-electron chi connectivity index (χ4n) is 1.21. The predicted octanol–water partition coefficient (Wildman–Crippen LogP) is 1.95. The van der Waals surface area contributed by atoms with Gasteiger partial charge in [-0.15, -0.1) is 0 Å². The number of hydrogen-bond acceptors (Lipinski definition) is 3. The first-order valence-corrected chi connectivity index (χ1v) is 5.48. The van der Waals surface area contributed by atoms with Gasteiger partial charge in [0.25, 0.3) is 0 Å². The molecule has 1 unspecified atom stereocenters. The third-order valence-corrected chi connectivity index (χ3v) is 2.28. The van der Waals surface area contributed by atoms with E-state index in [0.29, 0.717) is 19.1 Å². The standard InChI is InChI=1S/C11H23NO2/c1-4-10(8-12)11(13)14-7-5-6-9(2)3/h9-10H,4-8,12H2,1-3H3. The molecule has 0 aromatic rings. The topological polar surface area (TPSA) is 52.3 Å². The lowest BCUT2D eigenvalue weighted by Gasteiger charge is -2.12. The van der Waals surface area contributed by atoms with E-state index in [9.17, 15) is 4.79 Å². The molecule has 0 saturated heterocycles. The van der Waals surface area contributed by atoms with E-state index in [1.807, 2.05) is 6.92 Å². The fraction of sp³-hybridized carbons (Fsp3) is 0.909. The summed E-state index contributed by atoms with van der Waals surface area (Å²) < 4.78 is 5.12. The fourth-order valence-corrected chi connectivity index (χ4v) is 1.21. The lowest BCUT2D eigenvalue weighted by molar-refractivity contribution is -0.148. The average Bonchev–Trinajstić information content (AvgIpc) is 2.14. The minimum absolute atomic E-state index is 0.117. The van der Waals surface area contributed by atoms with E-state index >= 15 is 0 Å². The summed E-state index contributed by atoms with van der Waals surface area (Å²) in [7, 11) is 0. The summed E-state index contributed by atoms with van der Waals surface area (Å²) in [5.74, 6) is 0.415. The summed E-state index contributed by atoms with van der Waals surface area (Å²) in [5.41, 5.74) is 5.44. The van der Waals surface area contributed by atoms with Gasteiger partial charge in [0, 0.05) is 6.54 Å². The van der Waals surface area contributed by atoms with E-state index in [1.54, 1.807) is 0 Å². The van der Waals surface area contributed by atoms with Crippen molar-refractivity contribution in [1.29, 1.82) is 0 Å². The molecule has 0 bridgehead atoms. The van der Waals surface area contributed by atoms with Crippen LogP contribution in [0.2, 0.25) is 0 Å². The summed E-state index contributed by atoms with van der Waals surface area (Å²) in [6.07, 6.45) is 2.82. The minimum atomic E-state index is -0.140. The Balaban J connectivity index is 3.52. The molecule has 0 fully saturated rings. The summed E-state index contributed by atoms with van der Waals surface area (Å²) in [4.78, 5) is 11.3. The van der Waals surface area contributed by atoms with Crippen molar-refractivity contribution in [2.75, 3.05) is 13.2 Å². The third-order valence-electron chi connectivity index (χ3n) is 2.28. The van der Waals surface area contributed by atoms with Crippen molar-refractivity contribution in [3.05, 3.63) is 0 Å². The van der Waals surface area contributed by atoms with Crippen LogP contribution in [0.3, 0.4) is 0 Å². The second kappa shape index (κ2) is 7.80. The van der Waals surface area contributed by atoms with Gasteiger partial charge in [-0.05, 0) is 25.2 Å². The third kappa shape index (κ3) is 5.97. The minimum Gasteiger partial charge on any atom is -0.465 e. The molecule has 0 aliphatic rings. The van der Waals surface area contributed by atoms with Crippen molar-refractivity contribution in [2.45, 2.75) is 40.0 Å². The van der Waals surface area contributed by atoms with Gasteiger partial charge in [0.15, 0.2) is 0 Å². The number of rotatable bonds is 7. The Labute approximate surface area is 87.0 Å². The monoisotopic (exact) mass is 201 g/mol. The van der Waals surface area contributed by atoms with Crippen molar-refractivity contribution < 1.29 is 9.53 Å². The number of carbonyl (C=O) groups excluding carboxylic acids is 1. The van der Waals surface area contributed by atoms with Crippen molar-refractivity contribution in [2.24, 2.45) is 17.6 Å². The Morgan fingerprint density at radius 1 is 1.43 bits per heavy atom. The van der Waals surface area contributed by atoms with Gasteiger partial charge in [0.1, 0.15) is 0 Å². The van der Waals surface area contributed by atoms with E-state index in [-0.39, 0.29) is 11.9 Å². The second-order valence-corrected chi connectivity index (χ2v) is 4.04. The molecule has 0 aliphatic carbocycles. The number of hydrogen-bond donors (Lipinski definition) is 1. The van der Waals surface area contributed by atoms with Crippen LogP contribution in [0.5, 0.6) is 0 Å². The highest BCUT2D eigenvalue weighted by Crippen LogP contribution is 2.06. The Morgan fingerprint density at radius 2 is 2.07 bits per heavy atom. The Bertz CT molecular complexity index is 153. The summed E-state index contributed by atoms with van der Waals surface area (Å²) in [5, 5.41) is 0. The van der Waals surface area contributed by atoms with Crippen LogP contribution < -0.4 is 5.73 Å². The van der Waals surface area contributed by atoms with Gasteiger partial charge in [-0.2, -0.15) is 0 Å². The van der Waals surface area contributed by atoms with Gasteiger partial charge in [-0.3, -0.25) is 4.79 Å². The number of esters is 1. The molecule has 14 heavy (non-hydrogen) atoms. The summed E-state index contributed by atoms with van der Waals surface area (Å²) in [6, 6.07) is 0. The van der Waals surface area contributed by atoms with Crippen molar-refractivity contribution in [3.63, 3.8) is 0 Å². The molecular weight excluding hydrogens is 178 g/mol. The van der Waals surface area contributed by atoms with Gasteiger partial charge >= 0.3 is 5.97 Å². The number of nitrogens with two attached hydrogens (primary N) is 1.